The third-order valence-corrected chi connectivity index (χ3v) is 4.13. The SMILES string of the molecule is COc1ccc(C(=O)N2CCCC(C(N)=O)C2)cc1Br. The van der Waals surface area contributed by atoms with Crippen LogP contribution in [-0.4, -0.2) is 36.9 Å². The van der Waals surface area contributed by atoms with Gasteiger partial charge in [0.2, 0.25) is 5.91 Å². The molecule has 0 aromatic heterocycles. The van der Waals surface area contributed by atoms with Gasteiger partial charge in [0, 0.05) is 18.7 Å². The third-order valence-electron chi connectivity index (χ3n) is 3.51. The first kappa shape index (κ1) is 14.8. The molecular weight excluding hydrogens is 324 g/mol. The van der Waals surface area contributed by atoms with Crippen molar-refractivity contribution in [3.05, 3.63) is 28.2 Å². The van der Waals surface area contributed by atoms with Crippen LogP contribution in [0.3, 0.4) is 0 Å². The summed E-state index contributed by atoms with van der Waals surface area (Å²) in [5, 5.41) is 0. The van der Waals surface area contributed by atoms with Crippen molar-refractivity contribution in [2.24, 2.45) is 11.7 Å². The summed E-state index contributed by atoms with van der Waals surface area (Å²) in [6.07, 6.45) is 1.56. The zero-order valence-electron chi connectivity index (χ0n) is 11.3. The topological polar surface area (TPSA) is 72.6 Å². The van der Waals surface area contributed by atoms with Crippen LogP contribution in [0, 0.1) is 5.92 Å². The molecule has 6 heteroatoms. The highest BCUT2D eigenvalue weighted by Gasteiger charge is 2.27. The van der Waals surface area contributed by atoms with E-state index in [0.29, 0.717) is 24.4 Å². The Morgan fingerprint density at radius 1 is 1.45 bits per heavy atom. The van der Waals surface area contributed by atoms with Gasteiger partial charge < -0.3 is 15.4 Å². The number of methoxy groups -OCH3 is 1. The van der Waals surface area contributed by atoms with E-state index < -0.39 is 0 Å². The molecule has 1 aromatic rings. The summed E-state index contributed by atoms with van der Waals surface area (Å²) < 4.78 is 5.87. The van der Waals surface area contributed by atoms with Crippen LogP contribution in [0.25, 0.3) is 0 Å². The van der Waals surface area contributed by atoms with Crippen molar-refractivity contribution < 1.29 is 14.3 Å². The predicted molar refractivity (Wildman–Crippen MR) is 78.5 cm³/mol. The van der Waals surface area contributed by atoms with Gasteiger partial charge in [0.05, 0.1) is 17.5 Å². The molecule has 2 N–H and O–H groups in total. The number of nitrogens with zero attached hydrogens (tertiary/aromatic N) is 1. The molecule has 108 valence electrons. The summed E-state index contributed by atoms with van der Waals surface area (Å²) >= 11 is 3.36. The van der Waals surface area contributed by atoms with E-state index in [2.05, 4.69) is 15.9 Å². The lowest BCUT2D eigenvalue weighted by molar-refractivity contribution is -0.123. The first-order chi connectivity index (χ1) is 9.52. The van der Waals surface area contributed by atoms with Gasteiger partial charge in [-0.25, -0.2) is 0 Å². The summed E-state index contributed by atoms with van der Waals surface area (Å²) in [5.41, 5.74) is 5.90. The Morgan fingerprint density at radius 2 is 2.20 bits per heavy atom. The monoisotopic (exact) mass is 340 g/mol. The largest absolute Gasteiger partial charge is 0.496 e. The second-order valence-corrected chi connectivity index (χ2v) is 5.70. The first-order valence-electron chi connectivity index (χ1n) is 6.45. The van der Waals surface area contributed by atoms with Gasteiger partial charge in [-0.2, -0.15) is 0 Å². The molecule has 1 heterocycles. The zero-order chi connectivity index (χ0) is 14.7. The Balaban J connectivity index is 2.14. The van der Waals surface area contributed by atoms with E-state index in [-0.39, 0.29) is 17.7 Å². The molecule has 1 fully saturated rings. The van der Waals surface area contributed by atoms with Crippen LogP contribution in [-0.2, 0) is 4.79 Å². The van der Waals surface area contributed by atoms with Crippen molar-refractivity contribution in [1.29, 1.82) is 0 Å². The minimum absolute atomic E-state index is 0.0840. The molecule has 0 radical (unpaired) electrons. The Kier molecular flexibility index (Phi) is 4.65. The lowest BCUT2D eigenvalue weighted by Gasteiger charge is -2.31. The molecule has 0 bridgehead atoms. The summed E-state index contributed by atoms with van der Waals surface area (Å²) in [7, 11) is 1.57. The van der Waals surface area contributed by atoms with Crippen molar-refractivity contribution in [3.63, 3.8) is 0 Å². The van der Waals surface area contributed by atoms with Gasteiger partial charge in [0.15, 0.2) is 0 Å². The highest BCUT2D eigenvalue weighted by Crippen LogP contribution is 2.27. The Hall–Kier alpha value is -1.56. The molecule has 1 aliphatic heterocycles. The number of hydrogen-bond acceptors (Lipinski definition) is 3. The second kappa shape index (κ2) is 6.26. The summed E-state index contributed by atoms with van der Waals surface area (Å²) in [5.74, 6) is 0.0160. The van der Waals surface area contributed by atoms with E-state index in [4.69, 9.17) is 10.5 Å². The van der Waals surface area contributed by atoms with Crippen LogP contribution in [0.5, 0.6) is 5.75 Å². The van der Waals surface area contributed by atoms with E-state index in [9.17, 15) is 9.59 Å². The molecule has 1 saturated heterocycles. The van der Waals surface area contributed by atoms with Crippen LogP contribution in [0.4, 0.5) is 0 Å². The molecule has 1 aromatic carbocycles. The Labute approximate surface area is 126 Å². The van der Waals surface area contributed by atoms with E-state index in [1.807, 2.05) is 0 Å². The maximum atomic E-state index is 12.4. The van der Waals surface area contributed by atoms with Crippen LogP contribution in [0.2, 0.25) is 0 Å². The molecular formula is C14H17BrN2O3. The number of halogens is 1. The number of piperidine rings is 1. The third kappa shape index (κ3) is 3.12. The van der Waals surface area contributed by atoms with E-state index >= 15 is 0 Å². The molecule has 1 aliphatic rings. The zero-order valence-corrected chi connectivity index (χ0v) is 12.9. The smallest absolute Gasteiger partial charge is 0.253 e. The number of nitrogens with two attached hydrogens (primary N) is 1. The summed E-state index contributed by atoms with van der Waals surface area (Å²) in [6.45, 7) is 1.06. The van der Waals surface area contributed by atoms with E-state index in [1.165, 1.54) is 0 Å². The predicted octanol–water partition coefficient (Wildman–Crippen LogP) is 1.80. The minimum atomic E-state index is -0.335. The van der Waals surface area contributed by atoms with Gasteiger partial charge >= 0.3 is 0 Å². The first-order valence-corrected chi connectivity index (χ1v) is 7.24. The molecule has 1 atom stereocenters. The van der Waals surface area contributed by atoms with Crippen LogP contribution >= 0.6 is 15.9 Å². The van der Waals surface area contributed by atoms with Gasteiger partial charge in [0.25, 0.3) is 5.91 Å². The average molecular weight is 341 g/mol. The van der Waals surface area contributed by atoms with Gasteiger partial charge in [0.1, 0.15) is 5.75 Å². The van der Waals surface area contributed by atoms with Gasteiger partial charge in [-0.1, -0.05) is 0 Å². The number of likely N-dealkylation sites (tertiary alicyclic amines) is 1. The molecule has 1 unspecified atom stereocenters. The maximum Gasteiger partial charge on any atom is 0.253 e. The Bertz CT molecular complexity index is 533. The summed E-state index contributed by atoms with van der Waals surface area (Å²) in [4.78, 5) is 25.4. The second-order valence-electron chi connectivity index (χ2n) is 4.84. The molecule has 5 nitrogen and oxygen atoms in total. The van der Waals surface area contributed by atoms with Crippen molar-refractivity contribution in [3.8, 4) is 5.75 Å². The van der Waals surface area contributed by atoms with Crippen LogP contribution < -0.4 is 10.5 Å². The molecule has 2 amide bonds. The molecule has 0 aliphatic carbocycles. The highest BCUT2D eigenvalue weighted by molar-refractivity contribution is 9.10. The van der Waals surface area contributed by atoms with Crippen LogP contribution in [0.15, 0.2) is 22.7 Å². The number of carbonyl (C=O) groups is 2. The molecule has 2 rings (SSSR count). The number of benzene rings is 1. The average Bonchev–Trinajstić information content (AvgIpc) is 2.46. The van der Waals surface area contributed by atoms with Gasteiger partial charge in [-0.3, -0.25) is 9.59 Å². The number of amides is 2. The molecule has 0 saturated carbocycles. The number of carbonyl (C=O) groups excluding carboxylic acids is 2. The van der Waals surface area contributed by atoms with Crippen molar-refractivity contribution >= 4 is 27.7 Å². The number of rotatable bonds is 3. The minimum Gasteiger partial charge on any atom is -0.496 e. The Morgan fingerprint density at radius 3 is 2.80 bits per heavy atom. The quantitative estimate of drug-likeness (QED) is 0.911. The van der Waals surface area contributed by atoms with E-state index in [0.717, 1.165) is 17.3 Å². The fourth-order valence-corrected chi connectivity index (χ4v) is 2.92. The van der Waals surface area contributed by atoms with Crippen molar-refractivity contribution in [1.82, 2.24) is 4.90 Å². The van der Waals surface area contributed by atoms with E-state index in [1.54, 1.807) is 30.2 Å². The van der Waals surface area contributed by atoms with Gasteiger partial charge in [-0.15, -0.1) is 0 Å². The van der Waals surface area contributed by atoms with Crippen molar-refractivity contribution in [2.45, 2.75) is 12.8 Å². The normalized spacial score (nSPS) is 18.7. The van der Waals surface area contributed by atoms with Gasteiger partial charge in [-0.05, 0) is 47.0 Å². The lowest BCUT2D eigenvalue weighted by Crippen LogP contribution is -2.44. The number of hydrogen-bond donors (Lipinski definition) is 1. The molecule has 20 heavy (non-hydrogen) atoms. The number of ether oxygens (including phenoxy) is 1. The van der Waals surface area contributed by atoms with Crippen molar-refractivity contribution in [2.75, 3.05) is 20.2 Å². The number of primary amides is 1. The lowest BCUT2D eigenvalue weighted by atomic mass is 9.97. The fourth-order valence-electron chi connectivity index (χ4n) is 2.38. The summed E-state index contributed by atoms with van der Waals surface area (Å²) in [6, 6.07) is 5.20. The fraction of sp³-hybridized carbons (Fsp3) is 0.429. The standard InChI is InChI=1S/C14H17BrN2O3/c1-20-12-5-4-9(7-11(12)15)14(19)17-6-2-3-10(8-17)13(16)18/h4-5,7,10H,2-3,6,8H2,1H3,(H2,16,18). The van der Waals surface area contributed by atoms with Crippen LogP contribution in [0.1, 0.15) is 23.2 Å². The molecule has 0 spiro atoms. The maximum absolute atomic E-state index is 12.4. The highest BCUT2D eigenvalue weighted by atomic mass is 79.9.